The third kappa shape index (κ3) is 8.68. The Morgan fingerprint density at radius 2 is 1.81 bits per heavy atom. The average Bonchev–Trinajstić information content (AvgIpc) is 2.89. The quantitative estimate of drug-likeness (QED) is 0.237. The third-order valence-corrected chi connectivity index (χ3v) is 5.70. The number of rotatable bonds is 13. The van der Waals surface area contributed by atoms with Crippen LogP contribution < -0.4 is 26.7 Å². The van der Waals surface area contributed by atoms with E-state index >= 15 is 0 Å². The van der Waals surface area contributed by atoms with Gasteiger partial charge in [-0.25, -0.2) is 9.59 Å². The molecule has 1 heterocycles. The highest BCUT2D eigenvalue weighted by Crippen LogP contribution is 2.23. The highest BCUT2D eigenvalue weighted by atomic mass is 16.5. The number of carbonyl (C=O) groups excluding carboxylic acids is 3. The second-order valence-electron chi connectivity index (χ2n) is 8.48. The van der Waals surface area contributed by atoms with E-state index in [0.29, 0.717) is 48.1 Å². The van der Waals surface area contributed by atoms with Gasteiger partial charge in [-0.15, -0.1) is 0 Å². The van der Waals surface area contributed by atoms with Gasteiger partial charge in [-0.1, -0.05) is 36.8 Å². The first-order chi connectivity index (χ1) is 17.9. The number of fused-ring (bicyclic) bond motifs is 1. The van der Waals surface area contributed by atoms with Crippen LogP contribution in [0.25, 0.3) is 11.0 Å². The molecule has 3 aromatic rings. The number of nitrogens with one attached hydrogen (secondary N) is 2. The van der Waals surface area contributed by atoms with E-state index in [1.54, 1.807) is 18.2 Å². The van der Waals surface area contributed by atoms with Crippen LogP contribution in [-0.4, -0.2) is 37.6 Å². The standard InChI is InChI=1S/C27H31N3O7/c1-35-20-11-12-21-19(15-25(32)37-23(21)16-20)14-22(26(28)33)30-24(31)10-6-3-7-13-29-27(34)36-17-18-8-4-2-5-9-18/h2,4-5,8-9,11-12,15-16,22H,3,6-7,10,13-14,17H2,1H3,(H2,28,33)(H,29,34)(H,30,31)/t22-/m1/s1. The lowest BCUT2D eigenvalue weighted by Gasteiger charge is -2.16. The highest BCUT2D eigenvalue weighted by molar-refractivity contribution is 5.88. The monoisotopic (exact) mass is 509 g/mol. The van der Waals surface area contributed by atoms with Gasteiger partial charge in [-0.2, -0.15) is 0 Å². The molecule has 0 radical (unpaired) electrons. The summed E-state index contributed by atoms with van der Waals surface area (Å²) in [5, 5.41) is 5.95. The van der Waals surface area contributed by atoms with Gasteiger partial charge in [0.15, 0.2) is 0 Å². The zero-order chi connectivity index (χ0) is 26.6. The minimum atomic E-state index is -0.986. The molecule has 0 bridgehead atoms. The number of methoxy groups -OCH3 is 1. The summed E-state index contributed by atoms with van der Waals surface area (Å²) in [6.45, 7) is 0.624. The first kappa shape index (κ1) is 27.3. The Morgan fingerprint density at radius 3 is 2.54 bits per heavy atom. The molecule has 2 aromatic carbocycles. The van der Waals surface area contributed by atoms with E-state index in [1.807, 2.05) is 30.3 Å². The molecular weight excluding hydrogens is 478 g/mol. The predicted octanol–water partition coefficient (Wildman–Crippen LogP) is 2.80. The molecule has 1 atom stereocenters. The Bertz CT molecular complexity index is 1270. The van der Waals surface area contributed by atoms with Gasteiger partial charge in [-0.3, -0.25) is 9.59 Å². The zero-order valence-corrected chi connectivity index (χ0v) is 20.7. The maximum atomic E-state index is 12.4. The molecule has 37 heavy (non-hydrogen) atoms. The molecule has 0 unspecified atom stereocenters. The number of carbonyl (C=O) groups is 3. The summed E-state index contributed by atoms with van der Waals surface area (Å²) >= 11 is 0. The first-order valence-corrected chi connectivity index (χ1v) is 12.0. The largest absolute Gasteiger partial charge is 0.497 e. The number of unbranched alkanes of at least 4 members (excludes halogenated alkanes) is 2. The smallest absolute Gasteiger partial charge is 0.407 e. The molecule has 4 N–H and O–H groups in total. The van der Waals surface area contributed by atoms with E-state index in [-0.39, 0.29) is 25.4 Å². The fourth-order valence-electron chi connectivity index (χ4n) is 3.77. The number of benzene rings is 2. The molecule has 0 spiro atoms. The van der Waals surface area contributed by atoms with Gasteiger partial charge in [0, 0.05) is 36.9 Å². The maximum absolute atomic E-state index is 12.4. The maximum Gasteiger partial charge on any atom is 0.407 e. The number of nitrogens with two attached hydrogens (primary N) is 1. The molecular formula is C27H31N3O7. The fourth-order valence-corrected chi connectivity index (χ4v) is 3.77. The molecule has 10 nitrogen and oxygen atoms in total. The molecule has 3 rings (SSSR count). The lowest BCUT2D eigenvalue weighted by atomic mass is 10.0. The van der Waals surface area contributed by atoms with Crippen molar-refractivity contribution in [1.82, 2.24) is 10.6 Å². The summed E-state index contributed by atoms with van der Waals surface area (Å²) in [7, 11) is 1.50. The van der Waals surface area contributed by atoms with E-state index in [1.165, 1.54) is 13.2 Å². The second-order valence-corrected chi connectivity index (χ2v) is 8.48. The number of alkyl carbamates (subject to hydrolysis) is 1. The Hall–Kier alpha value is -4.34. The minimum Gasteiger partial charge on any atom is -0.497 e. The summed E-state index contributed by atoms with van der Waals surface area (Å²) in [4.78, 5) is 48.2. The highest BCUT2D eigenvalue weighted by Gasteiger charge is 2.20. The molecule has 196 valence electrons. The van der Waals surface area contributed by atoms with Crippen LogP contribution in [0.5, 0.6) is 5.75 Å². The van der Waals surface area contributed by atoms with Crippen molar-refractivity contribution in [2.45, 2.75) is 44.8 Å². The van der Waals surface area contributed by atoms with Gasteiger partial charge in [0.05, 0.1) is 7.11 Å². The fraction of sp³-hybridized carbons (Fsp3) is 0.333. The van der Waals surface area contributed by atoms with E-state index in [2.05, 4.69) is 10.6 Å². The van der Waals surface area contributed by atoms with Gasteiger partial charge in [0.25, 0.3) is 0 Å². The summed E-state index contributed by atoms with van der Waals surface area (Å²) in [6, 6.07) is 14.7. The van der Waals surface area contributed by atoms with Gasteiger partial charge in [0.1, 0.15) is 24.0 Å². The number of hydrogen-bond acceptors (Lipinski definition) is 7. The predicted molar refractivity (Wildman–Crippen MR) is 137 cm³/mol. The van der Waals surface area contributed by atoms with Crippen LogP contribution >= 0.6 is 0 Å². The van der Waals surface area contributed by atoms with Crippen molar-refractivity contribution in [1.29, 1.82) is 0 Å². The van der Waals surface area contributed by atoms with Crippen molar-refractivity contribution in [2.75, 3.05) is 13.7 Å². The Kier molecular flexibility index (Phi) is 10.1. The van der Waals surface area contributed by atoms with E-state index in [4.69, 9.17) is 19.6 Å². The summed E-state index contributed by atoms with van der Waals surface area (Å²) < 4.78 is 15.5. The molecule has 0 aliphatic carbocycles. The van der Waals surface area contributed by atoms with E-state index in [0.717, 1.165) is 5.56 Å². The normalized spacial score (nSPS) is 11.5. The number of ether oxygens (including phenoxy) is 2. The third-order valence-electron chi connectivity index (χ3n) is 5.70. The van der Waals surface area contributed by atoms with Crippen molar-refractivity contribution in [3.05, 3.63) is 76.1 Å². The lowest BCUT2D eigenvalue weighted by Crippen LogP contribution is -2.45. The molecule has 0 aliphatic rings. The van der Waals surface area contributed by atoms with Crippen molar-refractivity contribution in [3.8, 4) is 5.75 Å². The van der Waals surface area contributed by atoms with Crippen molar-refractivity contribution >= 4 is 28.9 Å². The molecule has 10 heteroatoms. The second kappa shape index (κ2) is 13.7. The van der Waals surface area contributed by atoms with Gasteiger partial charge >= 0.3 is 11.7 Å². The number of primary amides is 1. The van der Waals surface area contributed by atoms with Gasteiger partial charge < -0.3 is 30.3 Å². The first-order valence-electron chi connectivity index (χ1n) is 12.0. The Labute approximate surface area is 214 Å². The Morgan fingerprint density at radius 1 is 1.03 bits per heavy atom. The van der Waals surface area contributed by atoms with Crippen LogP contribution in [0, 0.1) is 0 Å². The molecule has 0 aliphatic heterocycles. The van der Waals surface area contributed by atoms with E-state index < -0.39 is 23.7 Å². The average molecular weight is 510 g/mol. The molecule has 1 aromatic heterocycles. The lowest BCUT2D eigenvalue weighted by molar-refractivity contribution is -0.127. The van der Waals surface area contributed by atoms with Gasteiger partial charge in [-0.05, 0) is 36.1 Å². The summed E-state index contributed by atoms with van der Waals surface area (Å²) in [6.07, 6.45) is 1.67. The van der Waals surface area contributed by atoms with Crippen molar-refractivity contribution in [3.63, 3.8) is 0 Å². The molecule has 0 saturated heterocycles. The van der Waals surface area contributed by atoms with Crippen LogP contribution in [0.3, 0.4) is 0 Å². The molecule has 3 amide bonds. The van der Waals surface area contributed by atoms with Crippen LogP contribution in [-0.2, 0) is 27.4 Å². The number of amides is 3. The minimum absolute atomic E-state index is 0.0461. The number of hydrogen-bond donors (Lipinski definition) is 3. The van der Waals surface area contributed by atoms with E-state index in [9.17, 15) is 19.2 Å². The SMILES string of the molecule is COc1ccc2c(C[C@@H](NC(=O)CCCCCNC(=O)OCc3ccccc3)C(N)=O)cc(=O)oc2c1. The summed E-state index contributed by atoms with van der Waals surface area (Å²) in [5.74, 6) is -0.513. The molecule has 0 fully saturated rings. The van der Waals surface area contributed by atoms with Crippen LogP contribution in [0.1, 0.15) is 36.8 Å². The summed E-state index contributed by atoms with van der Waals surface area (Å²) in [5.41, 5.74) is 6.69. The zero-order valence-electron chi connectivity index (χ0n) is 20.7. The van der Waals surface area contributed by atoms with Crippen molar-refractivity contribution in [2.24, 2.45) is 5.73 Å². The van der Waals surface area contributed by atoms with Gasteiger partial charge in [0.2, 0.25) is 11.8 Å². The van der Waals surface area contributed by atoms with Crippen molar-refractivity contribution < 1.29 is 28.3 Å². The Balaban J connectivity index is 1.41. The van der Waals surface area contributed by atoms with Crippen LogP contribution in [0.15, 0.2) is 63.8 Å². The molecule has 0 saturated carbocycles. The van der Waals surface area contributed by atoms with Crippen LogP contribution in [0.2, 0.25) is 0 Å². The van der Waals surface area contributed by atoms with Crippen LogP contribution in [0.4, 0.5) is 4.79 Å². The topological polar surface area (TPSA) is 150 Å².